The van der Waals surface area contributed by atoms with Gasteiger partial charge in [-0.25, -0.2) is 0 Å². The maximum Gasteiger partial charge on any atom is 0.306 e. The molecule has 1 fully saturated rings. The van der Waals surface area contributed by atoms with Gasteiger partial charge in [-0.15, -0.1) is 11.3 Å². The molecule has 0 unspecified atom stereocenters. The Morgan fingerprint density at radius 3 is 2.90 bits per heavy atom. The summed E-state index contributed by atoms with van der Waals surface area (Å²) >= 11 is 1.57. The lowest BCUT2D eigenvalue weighted by molar-refractivity contribution is -0.145. The Morgan fingerprint density at radius 1 is 1.45 bits per heavy atom. The van der Waals surface area contributed by atoms with Crippen LogP contribution in [0.2, 0.25) is 0 Å². The van der Waals surface area contributed by atoms with Crippen molar-refractivity contribution in [3.8, 4) is 10.6 Å². The highest BCUT2D eigenvalue weighted by atomic mass is 32.1. The number of aromatic nitrogens is 2. The molecule has 7 heteroatoms. The number of carbonyl (C=O) groups is 2. The lowest BCUT2D eigenvalue weighted by Crippen LogP contribution is -2.46. The zero-order chi connectivity index (χ0) is 14.1. The fourth-order valence-electron chi connectivity index (χ4n) is 2.19. The summed E-state index contributed by atoms with van der Waals surface area (Å²) in [6.07, 6.45) is 0.979. The Kier molecular flexibility index (Phi) is 3.27. The van der Waals surface area contributed by atoms with E-state index in [4.69, 9.17) is 5.11 Å². The second kappa shape index (κ2) is 5.09. The summed E-state index contributed by atoms with van der Waals surface area (Å²) in [7, 11) is 0. The number of H-pyrrole nitrogens is 1. The van der Waals surface area contributed by atoms with Gasteiger partial charge in [0.1, 0.15) is 0 Å². The molecule has 0 aliphatic heterocycles. The van der Waals surface area contributed by atoms with E-state index < -0.39 is 5.97 Å². The standard InChI is InChI=1S/C13H13N3O3S/c17-12(14-8-4-7(5-8)13(18)19)10-6-9(15-16-10)11-2-1-3-20-11/h1-3,6-8H,4-5H2,(H,14,17)(H,15,16)(H,18,19). The van der Waals surface area contributed by atoms with Crippen LogP contribution in [0, 0.1) is 5.92 Å². The number of thiophene rings is 1. The van der Waals surface area contributed by atoms with Crippen LogP contribution in [0.25, 0.3) is 10.6 Å². The van der Waals surface area contributed by atoms with Crippen molar-refractivity contribution in [2.75, 3.05) is 0 Å². The quantitative estimate of drug-likeness (QED) is 0.799. The average molecular weight is 291 g/mol. The molecule has 1 amide bonds. The van der Waals surface area contributed by atoms with Crippen LogP contribution >= 0.6 is 11.3 Å². The van der Waals surface area contributed by atoms with Gasteiger partial charge < -0.3 is 10.4 Å². The molecule has 2 heterocycles. The van der Waals surface area contributed by atoms with Crippen molar-refractivity contribution in [2.45, 2.75) is 18.9 Å². The first-order valence-electron chi connectivity index (χ1n) is 6.26. The number of carboxylic acid groups (broad SMARTS) is 1. The van der Waals surface area contributed by atoms with Gasteiger partial charge >= 0.3 is 5.97 Å². The van der Waals surface area contributed by atoms with E-state index in [1.165, 1.54) is 0 Å². The molecule has 2 aromatic rings. The number of hydrogen-bond donors (Lipinski definition) is 3. The van der Waals surface area contributed by atoms with Gasteiger partial charge in [-0.1, -0.05) is 6.07 Å². The number of hydrogen-bond acceptors (Lipinski definition) is 4. The molecule has 3 N–H and O–H groups in total. The first-order valence-corrected chi connectivity index (χ1v) is 7.14. The van der Waals surface area contributed by atoms with Crippen LogP contribution in [0.1, 0.15) is 23.3 Å². The van der Waals surface area contributed by atoms with E-state index in [1.807, 2.05) is 17.5 Å². The van der Waals surface area contributed by atoms with Crippen LogP contribution in [-0.4, -0.2) is 33.2 Å². The molecule has 3 rings (SSSR count). The minimum Gasteiger partial charge on any atom is -0.481 e. The van der Waals surface area contributed by atoms with Crippen molar-refractivity contribution in [1.29, 1.82) is 0 Å². The molecule has 0 aromatic carbocycles. The monoisotopic (exact) mass is 291 g/mol. The van der Waals surface area contributed by atoms with E-state index in [0.717, 1.165) is 10.6 Å². The molecule has 1 aliphatic rings. The third kappa shape index (κ3) is 2.44. The van der Waals surface area contributed by atoms with Crippen molar-refractivity contribution in [3.05, 3.63) is 29.3 Å². The first kappa shape index (κ1) is 12.9. The molecule has 1 aliphatic carbocycles. The number of aromatic amines is 1. The molecule has 1 saturated carbocycles. The summed E-state index contributed by atoms with van der Waals surface area (Å²) < 4.78 is 0. The van der Waals surface area contributed by atoms with Gasteiger partial charge in [0.25, 0.3) is 5.91 Å². The number of nitrogens with one attached hydrogen (secondary N) is 2. The molecule has 0 radical (unpaired) electrons. The maximum atomic E-state index is 12.0. The summed E-state index contributed by atoms with van der Waals surface area (Å²) in [5.41, 5.74) is 1.13. The van der Waals surface area contributed by atoms with Crippen molar-refractivity contribution < 1.29 is 14.7 Å². The van der Waals surface area contributed by atoms with Gasteiger partial charge in [-0.3, -0.25) is 14.7 Å². The van der Waals surface area contributed by atoms with E-state index in [2.05, 4.69) is 15.5 Å². The SMILES string of the molecule is O=C(NC1CC(C(=O)O)C1)c1cc(-c2cccs2)[nH]n1. The fourth-order valence-corrected chi connectivity index (χ4v) is 2.89. The Morgan fingerprint density at radius 2 is 2.25 bits per heavy atom. The summed E-state index contributed by atoms with van der Waals surface area (Å²) in [4.78, 5) is 23.7. The van der Waals surface area contributed by atoms with E-state index in [9.17, 15) is 9.59 Å². The second-order valence-electron chi connectivity index (χ2n) is 4.82. The molecule has 0 atom stereocenters. The zero-order valence-electron chi connectivity index (χ0n) is 10.5. The van der Waals surface area contributed by atoms with Crippen molar-refractivity contribution in [3.63, 3.8) is 0 Å². The second-order valence-corrected chi connectivity index (χ2v) is 5.77. The highest BCUT2D eigenvalue weighted by molar-refractivity contribution is 7.13. The van der Waals surface area contributed by atoms with Crippen LogP contribution in [0.15, 0.2) is 23.6 Å². The Bertz CT molecular complexity index is 629. The summed E-state index contributed by atoms with van der Waals surface area (Å²) in [5.74, 6) is -1.39. The van der Waals surface area contributed by atoms with Crippen LogP contribution in [0.3, 0.4) is 0 Å². The number of nitrogens with zero attached hydrogens (tertiary/aromatic N) is 1. The van der Waals surface area contributed by atoms with E-state index in [0.29, 0.717) is 18.5 Å². The highest BCUT2D eigenvalue weighted by Crippen LogP contribution is 2.28. The number of carbonyl (C=O) groups excluding carboxylic acids is 1. The molecular weight excluding hydrogens is 278 g/mol. The van der Waals surface area contributed by atoms with Gasteiger partial charge in [0, 0.05) is 6.04 Å². The van der Waals surface area contributed by atoms with Gasteiger partial charge in [0.2, 0.25) is 0 Å². The lowest BCUT2D eigenvalue weighted by Gasteiger charge is -2.32. The fraction of sp³-hybridized carbons (Fsp3) is 0.308. The van der Waals surface area contributed by atoms with Crippen molar-refractivity contribution >= 4 is 23.2 Å². The summed E-state index contributed by atoms with van der Waals surface area (Å²) in [6, 6.07) is 5.52. The summed E-state index contributed by atoms with van der Waals surface area (Å²) in [5, 5.41) is 20.4. The molecule has 6 nitrogen and oxygen atoms in total. The lowest BCUT2D eigenvalue weighted by atomic mass is 9.80. The predicted molar refractivity (Wildman–Crippen MR) is 73.5 cm³/mol. The minimum absolute atomic E-state index is 0.0644. The molecule has 0 bridgehead atoms. The largest absolute Gasteiger partial charge is 0.481 e. The van der Waals surface area contributed by atoms with Crippen molar-refractivity contribution in [2.24, 2.45) is 5.92 Å². The highest BCUT2D eigenvalue weighted by Gasteiger charge is 2.35. The maximum absolute atomic E-state index is 12.0. The zero-order valence-corrected chi connectivity index (χ0v) is 11.3. The van der Waals surface area contributed by atoms with E-state index in [-0.39, 0.29) is 17.9 Å². The van der Waals surface area contributed by atoms with E-state index >= 15 is 0 Å². The van der Waals surface area contributed by atoms with Crippen molar-refractivity contribution in [1.82, 2.24) is 15.5 Å². The number of rotatable bonds is 4. The molecule has 2 aromatic heterocycles. The third-order valence-electron chi connectivity index (χ3n) is 3.42. The Labute approximate surface area is 118 Å². The molecule has 104 valence electrons. The van der Waals surface area contributed by atoms with E-state index in [1.54, 1.807) is 17.4 Å². The Hall–Kier alpha value is -2.15. The summed E-state index contributed by atoms with van der Waals surface area (Å²) in [6.45, 7) is 0. The van der Waals surface area contributed by atoms with Crippen LogP contribution in [0.5, 0.6) is 0 Å². The third-order valence-corrected chi connectivity index (χ3v) is 4.32. The minimum atomic E-state index is -0.796. The molecular formula is C13H13N3O3S. The topological polar surface area (TPSA) is 95.1 Å². The first-order chi connectivity index (χ1) is 9.63. The molecule has 0 spiro atoms. The van der Waals surface area contributed by atoms with Gasteiger partial charge in [0.15, 0.2) is 5.69 Å². The van der Waals surface area contributed by atoms with Gasteiger partial charge in [-0.2, -0.15) is 5.10 Å². The van der Waals surface area contributed by atoms with Crippen LogP contribution < -0.4 is 5.32 Å². The number of carboxylic acids is 1. The van der Waals surface area contributed by atoms with Gasteiger partial charge in [0.05, 0.1) is 16.5 Å². The smallest absolute Gasteiger partial charge is 0.306 e. The van der Waals surface area contributed by atoms with Gasteiger partial charge in [-0.05, 0) is 30.4 Å². The molecule has 0 saturated heterocycles. The van der Waals surface area contributed by atoms with Crippen LogP contribution in [-0.2, 0) is 4.79 Å². The average Bonchev–Trinajstić information content (AvgIpc) is 3.01. The number of aliphatic carboxylic acids is 1. The Balaban J connectivity index is 1.60. The number of amides is 1. The van der Waals surface area contributed by atoms with Crippen LogP contribution in [0.4, 0.5) is 0 Å². The molecule has 20 heavy (non-hydrogen) atoms. The predicted octanol–water partition coefficient (Wildman–Crippen LogP) is 1.73. The normalized spacial score (nSPS) is 21.2.